The molecule has 0 aromatic carbocycles. The lowest BCUT2D eigenvalue weighted by Gasteiger charge is -1.99. The van der Waals surface area contributed by atoms with Crippen LogP contribution in [0.15, 0.2) is 0 Å². The molecule has 12 heavy (non-hydrogen) atoms. The van der Waals surface area contributed by atoms with Crippen LogP contribution in [0.5, 0.6) is 0 Å². The molecule has 0 fully saturated rings. The van der Waals surface area contributed by atoms with Crippen LogP contribution < -0.4 is 0 Å². The molecule has 0 aromatic rings. The molecule has 0 atom stereocenters. The quantitative estimate of drug-likeness (QED) is 0.443. The third-order valence-electron chi connectivity index (χ3n) is 1.62. The Hall–Kier alpha value is 0. The smallest absolute Gasteiger partial charge is 0.0267 e. The highest BCUT2D eigenvalue weighted by atomic mass is 14.0. The van der Waals surface area contributed by atoms with E-state index in [1.165, 1.54) is 0 Å². The van der Waals surface area contributed by atoms with Crippen LogP contribution in [-0.2, 0) is 0 Å². The summed E-state index contributed by atoms with van der Waals surface area (Å²) < 4.78 is 83.1. The number of unbranched alkanes of at least 4 members (excludes halogenated alkanes) is 4. The van der Waals surface area contributed by atoms with Crippen LogP contribution in [0.2, 0.25) is 0 Å². The minimum absolute atomic E-state index is 0.291. The van der Waals surface area contributed by atoms with Crippen molar-refractivity contribution in [2.75, 3.05) is 0 Å². The van der Waals surface area contributed by atoms with E-state index < -0.39 is 32.3 Å². The fraction of sp³-hybridized carbons (Fsp3) is 1.00. The van der Waals surface area contributed by atoms with Gasteiger partial charge in [0.1, 0.15) is 0 Å². The van der Waals surface area contributed by atoms with E-state index in [1.807, 2.05) is 6.92 Å². The van der Waals surface area contributed by atoms with Crippen LogP contribution in [0.4, 0.5) is 0 Å². The molecule has 0 aromatic heterocycles. The summed E-state index contributed by atoms with van der Waals surface area (Å²) in [5.41, 5.74) is 0. The number of rotatable bonds is 9. The van der Waals surface area contributed by atoms with E-state index in [0.717, 1.165) is 19.3 Å². The molecule has 0 heteroatoms. The van der Waals surface area contributed by atoms with Crippen LogP contribution in [-0.4, -0.2) is 0 Å². The molecule has 0 aliphatic carbocycles. The van der Waals surface area contributed by atoms with E-state index in [1.54, 1.807) is 0 Å². The van der Waals surface area contributed by atoms with Gasteiger partial charge in [0.05, 0.1) is 0 Å². The number of hydrogen-bond donors (Lipinski definition) is 0. The van der Waals surface area contributed by atoms with Crippen molar-refractivity contribution in [3.63, 3.8) is 0 Å². The van der Waals surface area contributed by atoms with Crippen molar-refractivity contribution in [1.82, 2.24) is 0 Å². The summed E-state index contributed by atoms with van der Waals surface area (Å²) in [6, 6.07) is 0. The van der Waals surface area contributed by atoms with E-state index in [9.17, 15) is 0 Å². The average Bonchev–Trinajstić information content (AvgIpc) is 2.36. The van der Waals surface area contributed by atoms with Gasteiger partial charge in [-0.3, -0.25) is 0 Å². The Labute approximate surface area is 94.2 Å². The summed E-state index contributed by atoms with van der Waals surface area (Å²) in [6.07, 6.45) is -9.47. The third-order valence-corrected chi connectivity index (χ3v) is 1.62. The third kappa shape index (κ3) is 10.0. The first-order chi connectivity index (χ1) is 10.1. The van der Waals surface area contributed by atoms with E-state index in [2.05, 4.69) is 0 Å². The molecular weight excluding hydrogens is 144 g/mol. The van der Waals surface area contributed by atoms with Crippen LogP contribution in [0, 0.1) is 0 Å². The monoisotopic (exact) mass is 181 g/mol. The van der Waals surface area contributed by atoms with Gasteiger partial charge in [0.2, 0.25) is 0 Å². The molecule has 0 spiro atoms. The van der Waals surface area contributed by atoms with Crippen molar-refractivity contribution in [3.8, 4) is 0 Å². The Balaban J connectivity index is 5.26. The second-order valence-electron chi connectivity index (χ2n) is 2.72. The van der Waals surface area contributed by atoms with Crippen molar-refractivity contribution in [1.29, 1.82) is 0 Å². The molecule has 0 rings (SSSR count). The van der Waals surface area contributed by atoms with Crippen molar-refractivity contribution < 1.29 is 15.1 Å². The summed E-state index contributed by atoms with van der Waals surface area (Å²) in [4.78, 5) is 0. The van der Waals surface area contributed by atoms with E-state index >= 15 is 0 Å². The lowest BCUT2D eigenvalue weighted by atomic mass is 10.1. The second-order valence-corrected chi connectivity index (χ2v) is 2.72. The molecule has 0 unspecified atom stereocenters. The summed E-state index contributed by atoms with van der Waals surface area (Å²) >= 11 is 0. The molecular formula is C12H26. The molecule has 0 radical (unpaired) electrons. The van der Waals surface area contributed by atoms with Crippen molar-refractivity contribution >= 4 is 0 Å². The first-order valence-electron chi connectivity index (χ1n) is 10.1. The molecule has 0 aliphatic heterocycles. The summed E-state index contributed by atoms with van der Waals surface area (Å²) in [5, 5.41) is 0. The molecule has 0 amide bonds. The average molecular weight is 181 g/mol. The lowest BCUT2D eigenvalue weighted by molar-refractivity contribution is 0.562. The summed E-state index contributed by atoms with van der Waals surface area (Å²) in [7, 11) is 0. The van der Waals surface area contributed by atoms with Gasteiger partial charge in [0.15, 0.2) is 0 Å². The van der Waals surface area contributed by atoms with Gasteiger partial charge in [0, 0.05) is 15.1 Å². The maximum Gasteiger partial charge on any atom is 0.0267 e. The molecule has 74 valence electrons. The Morgan fingerprint density at radius 1 is 0.917 bits per heavy atom. The van der Waals surface area contributed by atoms with Crippen LogP contribution in [0.1, 0.15) is 92.9 Å². The predicted octanol–water partition coefficient (Wildman–Crippen LogP) is 4.93. The van der Waals surface area contributed by atoms with Gasteiger partial charge in [-0.1, -0.05) is 77.8 Å². The van der Waals surface area contributed by atoms with Gasteiger partial charge in [0.25, 0.3) is 0 Å². The maximum absolute atomic E-state index is 7.85. The van der Waals surface area contributed by atoms with Gasteiger partial charge in [-0.05, 0) is 0 Å². The van der Waals surface area contributed by atoms with Gasteiger partial charge >= 0.3 is 0 Å². The van der Waals surface area contributed by atoms with E-state index in [-0.39, 0.29) is 6.42 Å². The Morgan fingerprint density at radius 2 is 1.67 bits per heavy atom. The standard InChI is InChI=1S/C12H26/c1-3-5-7-9-11-12-10-8-6-4-2/h3-12H2,1-2H3/i1D3,3D2,5D2,7D2,9D2. The van der Waals surface area contributed by atoms with Crippen LogP contribution in [0.3, 0.4) is 0 Å². The molecule has 0 heterocycles. The molecule has 0 saturated carbocycles. The molecule has 0 saturated heterocycles. The zero-order valence-electron chi connectivity index (χ0n) is 18.7. The zero-order valence-corrected chi connectivity index (χ0v) is 7.74. The predicted molar refractivity (Wildman–Crippen MR) is 57.5 cm³/mol. The Bertz CT molecular complexity index is 370. The first kappa shape index (κ1) is 3.00. The van der Waals surface area contributed by atoms with Crippen molar-refractivity contribution in [2.24, 2.45) is 0 Å². The molecule has 0 aliphatic rings. The fourth-order valence-electron chi connectivity index (χ4n) is 0.955. The van der Waals surface area contributed by atoms with Gasteiger partial charge < -0.3 is 0 Å². The number of hydrogen-bond acceptors (Lipinski definition) is 0. The highest BCUT2D eigenvalue weighted by Crippen LogP contribution is 2.09. The topological polar surface area (TPSA) is 0 Å². The molecule has 0 N–H and O–H groups in total. The SMILES string of the molecule is [2H]C([2H])([2H])C([2H])([2H])C([2H])([2H])C([2H])([2H])C([2H])([2H])CCCCCCC. The lowest BCUT2D eigenvalue weighted by Crippen LogP contribution is -1.80. The zero-order chi connectivity index (χ0) is 18.7. The summed E-state index contributed by atoms with van der Waals surface area (Å²) in [5.74, 6) is 0. The Morgan fingerprint density at radius 3 is 2.42 bits per heavy atom. The highest BCUT2D eigenvalue weighted by Gasteiger charge is 1.90. The maximum atomic E-state index is 7.85. The van der Waals surface area contributed by atoms with E-state index in [0.29, 0.717) is 12.8 Å². The normalized spacial score (nSPS) is 29.9. The van der Waals surface area contributed by atoms with Crippen LogP contribution in [0.25, 0.3) is 0 Å². The summed E-state index contributed by atoms with van der Waals surface area (Å²) in [6.45, 7) is -1.38. The minimum atomic E-state index is -3.52. The largest absolute Gasteiger partial charge is 0.0654 e. The Kier molecular flexibility index (Phi) is 2.75. The minimum Gasteiger partial charge on any atom is -0.0654 e. The highest BCUT2D eigenvalue weighted by molar-refractivity contribution is 4.45. The van der Waals surface area contributed by atoms with Gasteiger partial charge in [-0.15, -0.1) is 0 Å². The van der Waals surface area contributed by atoms with Gasteiger partial charge in [-0.2, -0.15) is 0 Å². The first-order valence-corrected chi connectivity index (χ1v) is 4.56. The molecule has 0 nitrogen and oxygen atoms in total. The van der Waals surface area contributed by atoms with Crippen molar-refractivity contribution in [3.05, 3.63) is 0 Å². The fourth-order valence-corrected chi connectivity index (χ4v) is 0.955. The van der Waals surface area contributed by atoms with Crippen molar-refractivity contribution in [2.45, 2.75) is 77.8 Å². The van der Waals surface area contributed by atoms with Crippen LogP contribution >= 0.6 is 0 Å². The molecule has 0 bridgehead atoms. The van der Waals surface area contributed by atoms with Gasteiger partial charge in [-0.25, -0.2) is 0 Å². The second kappa shape index (κ2) is 11.0. The van der Waals surface area contributed by atoms with E-state index in [4.69, 9.17) is 15.1 Å².